The molecule has 2 unspecified atom stereocenters. The van der Waals surface area contributed by atoms with Crippen LogP contribution in [0.25, 0.3) is 0 Å². The highest BCUT2D eigenvalue weighted by Gasteiger charge is 2.41. The van der Waals surface area contributed by atoms with Crippen LogP contribution in [0.3, 0.4) is 0 Å². The van der Waals surface area contributed by atoms with Crippen LogP contribution in [0.5, 0.6) is 0 Å². The first-order valence-corrected chi connectivity index (χ1v) is 9.59. The van der Waals surface area contributed by atoms with E-state index in [0.29, 0.717) is 24.2 Å². The summed E-state index contributed by atoms with van der Waals surface area (Å²) in [5.74, 6) is 0.505. The number of urea groups is 1. The summed E-state index contributed by atoms with van der Waals surface area (Å²) >= 11 is 0. The Morgan fingerprint density at radius 3 is 2.81 bits per heavy atom. The van der Waals surface area contributed by atoms with Gasteiger partial charge in [0.15, 0.2) is 0 Å². The fourth-order valence-corrected chi connectivity index (χ4v) is 4.01. The molecule has 142 valence electrons. The number of anilines is 1. The van der Waals surface area contributed by atoms with Crippen LogP contribution in [0.4, 0.5) is 10.5 Å². The molecule has 1 aliphatic carbocycles. The summed E-state index contributed by atoms with van der Waals surface area (Å²) in [6, 6.07) is 7.98. The number of nitrogens with one attached hydrogen (secondary N) is 2. The van der Waals surface area contributed by atoms with Gasteiger partial charge in [0, 0.05) is 31.9 Å². The Hall–Kier alpha value is -2.08. The van der Waals surface area contributed by atoms with Crippen LogP contribution in [0.2, 0.25) is 0 Å². The van der Waals surface area contributed by atoms with Crippen molar-refractivity contribution >= 4 is 17.6 Å². The van der Waals surface area contributed by atoms with Crippen molar-refractivity contribution in [2.45, 2.75) is 51.1 Å². The van der Waals surface area contributed by atoms with Crippen LogP contribution in [-0.4, -0.2) is 43.1 Å². The summed E-state index contributed by atoms with van der Waals surface area (Å²) in [6.45, 7) is 1.38. The molecule has 6 heteroatoms. The van der Waals surface area contributed by atoms with Gasteiger partial charge in [-0.15, -0.1) is 0 Å². The summed E-state index contributed by atoms with van der Waals surface area (Å²) in [6.07, 6.45) is 7.57. The Balaban J connectivity index is 1.49. The van der Waals surface area contributed by atoms with Gasteiger partial charge >= 0.3 is 6.03 Å². The Morgan fingerprint density at radius 1 is 1.19 bits per heavy atom. The molecule has 2 atom stereocenters. The van der Waals surface area contributed by atoms with Gasteiger partial charge in [-0.05, 0) is 36.5 Å². The Bertz CT molecular complexity index is 634. The monoisotopic (exact) mass is 359 g/mol. The highest BCUT2D eigenvalue weighted by atomic mass is 16.5. The van der Waals surface area contributed by atoms with Gasteiger partial charge in [0.2, 0.25) is 5.91 Å². The predicted molar refractivity (Wildman–Crippen MR) is 101 cm³/mol. The molecule has 6 nitrogen and oxygen atoms in total. The zero-order chi connectivity index (χ0) is 18.4. The normalized spacial score (nSPS) is 22.4. The van der Waals surface area contributed by atoms with E-state index in [-0.39, 0.29) is 18.5 Å². The van der Waals surface area contributed by atoms with Crippen molar-refractivity contribution in [2.75, 3.05) is 25.6 Å². The molecule has 26 heavy (non-hydrogen) atoms. The Morgan fingerprint density at radius 2 is 2.00 bits per heavy atom. The van der Waals surface area contributed by atoms with Gasteiger partial charge in [0.05, 0.1) is 0 Å². The minimum Gasteiger partial charge on any atom is -0.375 e. The van der Waals surface area contributed by atoms with E-state index in [1.54, 1.807) is 0 Å². The minimum absolute atomic E-state index is 0.0263. The molecule has 2 N–H and O–H groups in total. The van der Waals surface area contributed by atoms with Crippen molar-refractivity contribution in [1.29, 1.82) is 0 Å². The second kappa shape index (κ2) is 9.03. The van der Waals surface area contributed by atoms with Crippen molar-refractivity contribution < 1.29 is 14.3 Å². The van der Waals surface area contributed by atoms with Gasteiger partial charge in [0.25, 0.3) is 0 Å². The van der Waals surface area contributed by atoms with E-state index in [4.69, 9.17) is 4.74 Å². The lowest BCUT2D eigenvalue weighted by atomic mass is 9.79. The molecule has 0 radical (unpaired) electrons. The second-order valence-electron chi connectivity index (χ2n) is 7.31. The van der Waals surface area contributed by atoms with Gasteiger partial charge in [-0.1, -0.05) is 37.8 Å². The summed E-state index contributed by atoms with van der Waals surface area (Å²) in [7, 11) is 1.49. The van der Waals surface area contributed by atoms with Crippen LogP contribution < -0.4 is 10.6 Å². The number of benzene rings is 1. The average Bonchev–Trinajstić information content (AvgIpc) is 2.59. The molecular formula is C20H29N3O3. The topological polar surface area (TPSA) is 70.7 Å². The van der Waals surface area contributed by atoms with Gasteiger partial charge in [-0.25, -0.2) is 4.79 Å². The zero-order valence-electron chi connectivity index (χ0n) is 15.5. The van der Waals surface area contributed by atoms with Crippen LogP contribution in [-0.2, 0) is 16.1 Å². The molecule has 1 saturated carbocycles. The lowest BCUT2D eigenvalue weighted by Gasteiger charge is -2.49. The first-order valence-electron chi connectivity index (χ1n) is 9.59. The fourth-order valence-electron chi connectivity index (χ4n) is 4.01. The number of nitrogens with zero attached hydrogens (tertiary/aromatic N) is 1. The lowest BCUT2D eigenvalue weighted by molar-refractivity contribution is -0.119. The van der Waals surface area contributed by atoms with Crippen molar-refractivity contribution in [1.82, 2.24) is 10.2 Å². The number of carbonyl (C=O) groups excluding carboxylic acids is 2. The third-order valence-corrected chi connectivity index (χ3v) is 5.39. The molecule has 2 aliphatic rings. The zero-order valence-corrected chi connectivity index (χ0v) is 15.5. The number of fused-ring (bicyclic) bond motifs is 1. The van der Waals surface area contributed by atoms with E-state index in [0.717, 1.165) is 18.5 Å². The molecule has 0 aromatic heterocycles. The van der Waals surface area contributed by atoms with Crippen LogP contribution >= 0.6 is 0 Å². The number of rotatable bonds is 5. The highest BCUT2D eigenvalue weighted by molar-refractivity contribution is 5.91. The highest BCUT2D eigenvalue weighted by Crippen LogP contribution is 2.35. The van der Waals surface area contributed by atoms with Gasteiger partial charge < -0.3 is 20.3 Å². The largest absolute Gasteiger partial charge is 0.375 e. The van der Waals surface area contributed by atoms with Crippen LogP contribution in [0.15, 0.2) is 24.3 Å². The second-order valence-corrected chi connectivity index (χ2v) is 7.31. The van der Waals surface area contributed by atoms with Gasteiger partial charge in [-0.2, -0.15) is 0 Å². The third kappa shape index (κ3) is 4.75. The van der Waals surface area contributed by atoms with E-state index in [1.165, 1.54) is 39.2 Å². The van der Waals surface area contributed by atoms with Gasteiger partial charge in [0.1, 0.15) is 6.61 Å². The molecule has 3 rings (SSSR count). The number of hydrogen-bond donors (Lipinski definition) is 2. The first kappa shape index (κ1) is 18.7. The number of carbonyl (C=O) groups is 2. The minimum atomic E-state index is -0.190. The van der Waals surface area contributed by atoms with Crippen molar-refractivity contribution in [3.63, 3.8) is 0 Å². The van der Waals surface area contributed by atoms with E-state index in [1.807, 2.05) is 29.2 Å². The summed E-state index contributed by atoms with van der Waals surface area (Å²) in [5.41, 5.74) is 1.67. The van der Waals surface area contributed by atoms with Crippen LogP contribution in [0, 0.1) is 5.92 Å². The van der Waals surface area contributed by atoms with E-state index >= 15 is 0 Å². The standard InChI is InChI=1S/C20H29N3O3/c1-26-14-19(24)22-17-9-6-7-15(11-17)12-21-20(25)23-13-16-8-4-2-3-5-10-18(16)23/h6-7,9,11,16,18H,2-5,8,10,12-14H2,1H3,(H,21,25)(H,22,24). The van der Waals surface area contributed by atoms with E-state index in [2.05, 4.69) is 10.6 Å². The molecule has 1 aromatic carbocycles. The maximum atomic E-state index is 12.5. The number of likely N-dealkylation sites (tertiary alicyclic amines) is 1. The Labute approximate surface area is 155 Å². The number of ether oxygens (including phenoxy) is 1. The Kier molecular flexibility index (Phi) is 6.50. The lowest BCUT2D eigenvalue weighted by Crippen LogP contribution is -2.61. The molecule has 2 fully saturated rings. The maximum Gasteiger partial charge on any atom is 0.317 e. The smallest absolute Gasteiger partial charge is 0.317 e. The quantitative estimate of drug-likeness (QED) is 0.848. The number of amides is 3. The summed E-state index contributed by atoms with van der Waals surface area (Å²) < 4.78 is 4.82. The van der Waals surface area contributed by atoms with Crippen molar-refractivity contribution in [2.24, 2.45) is 5.92 Å². The molecule has 1 heterocycles. The molecule has 0 bridgehead atoms. The first-order chi connectivity index (χ1) is 12.7. The van der Waals surface area contributed by atoms with Crippen molar-refractivity contribution in [3.05, 3.63) is 29.8 Å². The van der Waals surface area contributed by atoms with E-state index in [9.17, 15) is 9.59 Å². The third-order valence-electron chi connectivity index (χ3n) is 5.39. The van der Waals surface area contributed by atoms with Gasteiger partial charge in [-0.3, -0.25) is 4.79 Å². The van der Waals surface area contributed by atoms with Crippen molar-refractivity contribution in [3.8, 4) is 0 Å². The summed E-state index contributed by atoms with van der Waals surface area (Å²) in [5, 5.41) is 5.80. The summed E-state index contributed by atoms with van der Waals surface area (Å²) in [4.78, 5) is 26.1. The molecule has 1 saturated heterocycles. The maximum absolute atomic E-state index is 12.5. The molecule has 0 spiro atoms. The molecule has 1 aliphatic heterocycles. The molecular weight excluding hydrogens is 330 g/mol. The van der Waals surface area contributed by atoms with Crippen LogP contribution in [0.1, 0.15) is 44.1 Å². The SMILES string of the molecule is COCC(=O)Nc1cccc(CNC(=O)N2CC3CCCCCCC32)c1. The predicted octanol–water partition coefficient (Wildman–Crippen LogP) is 3.14. The fraction of sp³-hybridized carbons (Fsp3) is 0.600. The van der Waals surface area contributed by atoms with E-state index < -0.39 is 0 Å². The molecule has 1 aromatic rings. The number of methoxy groups -OCH3 is 1. The number of hydrogen-bond acceptors (Lipinski definition) is 3. The molecule has 3 amide bonds. The average molecular weight is 359 g/mol.